The molecule has 1 aromatic carbocycles. The van der Waals surface area contributed by atoms with Gasteiger partial charge in [0.25, 0.3) is 5.91 Å². The van der Waals surface area contributed by atoms with Crippen LogP contribution in [0.3, 0.4) is 0 Å². The first-order valence-corrected chi connectivity index (χ1v) is 11.3. The molecule has 162 valence electrons. The lowest BCUT2D eigenvalue weighted by Crippen LogP contribution is -2.52. The highest BCUT2D eigenvalue weighted by atomic mass is 16.2. The Hall–Kier alpha value is -2.41. The van der Waals surface area contributed by atoms with Gasteiger partial charge < -0.3 is 15.5 Å². The Morgan fingerprint density at radius 2 is 2.00 bits per heavy atom. The summed E-state index contributed by atoms with van der Waals surface area (Å²) in [5.74, 6) is -0.741. The third kappa shape index (κ3) is 3.95. The summed E-state index contributed by atoms with van der Waals surface area (Å²) < 4.78 is 0. The van der Waals surface area contributed by atoms with Crippen LogP contribution in [-0.4, -0.2) is 47.3 Å². The Labute approximate surface area is 178 Å². The summed E-state index contributed by atoms with van der Waals surface area (Å²) in [6, 6.07) is 5.96. The van der Waals surface area contributed by atoms with E-state index in [0.29, 0.717) is 24.6 Å². The largest absolute Gasteiger partial charge is 0.368 e. The first-order valence-electron chi connectivity index (χ1n) is 11.3. The molecule has 0 spiro atoms. The van der Waals surface area contributed by atoms with Gasteiger partial charge in [-0.25, -0.2) is 0 Å². The summed E-state index contributed by atoms with van der Waals surface area (Å²) in [5, 5.41) is 2.38. The minimum atomic E-state index is -0.580. The fourth-order valence-corrected chi connectivity index (χ4v) is 5.14. The van der Waals surface area contributed by atoms with Crippen LogP contribution in [0.4, 0.5) is 5.69 Å². The van der Waals surface area contributed by atoms with E-state index in [0.717, 1.165) is 49.9 Å². The number of amides is 3. The number of hydrogen-bond acceptors (Lipinski definition) is 5. The smallest absolute Gasteiger partial charge is 0.255 e. The summed E-state index contributed by atoms with van der Waals surface area (Å²) in [7, 11) is 0. The van der Waals surface area contributed by atoms with Crippen molar-refractivity contribution in [2.75, 3.05) is 11.4 Å². The van der Waals surface area contributed by atoms with E-state index in [1.54, 1.807) is 4.90 Å². The monoisotopic (exact) mass is 412 g/mol. The van der Waals surface area contributed by atoms with E-state index in [1.165, 1.54) is 6.42 Å². The van der Waals surface area contributed by atoms with Gasteiger partial charge in [-0.05, 0) is 44.2 Å². The summed E-state index contributed by atoms with van der Waals surface area (Å²) in [5.41, 5.74) is 9.00. The van der Waals surface area contributed by atoms with Crippen molar-refractivity contribution in [2.45, 2.75) is 83.0 Å². The van der Waals surface area contributed by atoms with Crippen molar-refractivity contribution < 1.29 is 14.4 Å². The number of fused-ring (bicyclic) bond motifs is 1. The van der Waals surface area contributed by atoms with E-state index >= 15 is 0 Å². The highest BCUT2D eigenvalue weighted by molar-refractivity contribution is 6.06. The van der Waals surface area contributed by atoms with Gasteiger partial charge in [-0.1, -0.05) is 25.8 Å². The molecule has 1 saturated carbocycles. The molecular weight excluding hydrogens is 380 g/mol. The third-order valence-electron chi connectivity index (χ3n) is 6.76. The zero-order valence-electron chi connectivity index (χ0n) is 17.7. The highest BCUT2D eigenvalue weighted by Gasteiger charge is 2.41. The van der Waals surface area contributed by atoms with Crippen molar-refractivity contribution >= 4 is 23.4 Å². The number of rotatable bonds is 7. The predicted octanol–water partition coefficient (Wildman–Crippen LogP) is 2.32. The number of benzene rings is 1. The van der Waals surface area contributed by atoms with Crippen molar-refractivity contribution in [3.05, 3.63) is 29.3 Å². The van der Waals surface area contributed by atoms with Gasteiger partial charge in [0.05, 0.1) is 0 Å². The molecule has 3 atom stereocenters. The summed E-state index contributed by atoms with van der Waals surface area (Å²) in [4.78, 5) is 41.2. The lowest BCUT2D eigenvalue weighted by atomic mass is 10.0. The maximum absolute atomic E-state index is 13.2. The van der Waals surface area contributed by atoms with Gasteiger partial charge in [-0.15, -0.1) is 0 Å². The van der Waals surface area contributed by atoms with Crippen LogP contribution in [0.2, 0.25) is 0 Å². The molecule has 1 aliphatic carbocycles. The Balaban J connectivity index is 1.61. The Bertz CT molecular complexity index is 840. The third-order valence-corrected chi connectivity index (χ3v) is 6.76. The van der Waals surface area contributed by atoms with Crippen molar-refractivity contribution in [3.63, 3.8) is 0 Å². The number of nitrogens with zero attached hydrogens (tertiary/aromatic N) is 2. The molecule has 2 fully saturated rings. The van der Waals surface area contributed by atoms with Crippen molar-refractivity contribution in [1.29, 1.82) is 0 Å². The molecule has 3 N–H and O–H groups in total. The van der Waals surface area contributed by atoms with Gasteiger partial charge in [0.15, 0.2) is 0 Å². The lowest BCUT2D eigenvalue weighted by molar-refractivity contribution is -0.136. The fourth-order valence-electron chi connectivity index (χ4n) is 5.14. The van der Waals surface area contributed by atoms with Crippen LogP contribution < -0.4 is 16.0 Å². The SMILES string of the molecule is CCCCCN(c1cccc2c1CN(C1CCC(=O)NC1=O)C2=O)[C@@H]1CC[C@H](N)C1. The molecule has 3 amide bonds. The number of unbranched alkanes of at least 4 members (excludes halogenated alkanes) is 2. The zero-order chi connectivity index (χ0) is 21.3. The van der Waals surface area contributed by atoms with Crippen LogP contribution in [0, 0.1) is 0 Å². The minimum absolute atomic E-state index is 0.113. The van der Waals surface area contributed by atoms with Crippen LogP contribution in [0.1, 0.15) is 74.2 Å². The molecule has 2 aliphatic heterocycles. The van der Waals surface area contributed by atoms with Crippen LogP contribution in [-0.2, 0) is 16.1 Å². The van der Waals surface area contributed by atoms with Gasteiger partial charge >= 0.3 is 0 Å². The number of imide groups is 1. The highest BCUT2D eigenvalue weighted by Crippen LogP contribution is 2.37. The average molecular weight is 413 g/mol. The van der Waals surface area contributed by atoms with E-state index in [4.69, 9.17) is 5.73 Å². The van der Waals surface area contributed by atoms with E-state index in [2.05, 4.69) is 23.2 Å². The van der Waals surface area contributed by atoms with Crippen molar-refractivity contribution in [2.24, 2.45) is 5.73 Å². The maximum atomic E-state index is 13.2. The summed E-state index contributed by atoms with van der Waals surface area (Å²) >= 11 is 0. The lowest BCUT2D eigenvalue weighted by Gasteiger charge is -2.33. The van der Waals surface area contributed by atoms with E-state index in [-0.39, 0.29) is 30.2 Å². The Kier molecular flexibility index (Phi) is 6.09. The first-order chi connectivity index (χ1) is 14.5. The minimum Gasteiger partial charge on any atom is -0.368 e. The molecular formula is C23H32N4O3. The number of carbonyl (C=O) groups excluding carboxylic acids is 3. The molecule has 0 radical (unpaired) electrons. The molecule has 1 saturated heterocycles. The van der Waals surface area contributed by atoms with Crippen LogP contribution in [0.25, 0.3) is 0 Å². The Morgan fingerprint density at radius 3 is 2.70 bits per heavy atom. The Morgan fingerprint density at radius 1 is 1.17 bits per heavy atom. The quantitative estimate of drug-likeness (QED) is 0.529. The second kappa shape index (κ2) is 8.76. The van der Waals surface area contributed by atoms with E-state index in [1.807, 2.05) is 12.1 Å². The second-order valence-corrected chi connectivity index (χ2v) is 8.83. The number of nitrogens with two attached hydrogens (primary N) is 1. The molecule has 1 aromatic rings. The fraction of sp³-hybridized carbons (Fsp3) is 0.609. The van der Waals surface area contributed by atoms with Gasteiger partial charge in [0.1, 0.15) is 6.04 Å². The normalized spacial score (nSPS) is 26.1. The van der Waals surface area contributed by atoms with Gasteiger partial charge in [0.2, 0.25) is 11.8 Å². The van der Waals surface area contributed by atoms with Gasteiger partial charge in [-0.2, -0.15) is 0 Å². The maximum Gasteiger partial charge on any atom is 0.255 e. The van der Waals surface area contributed by atoms with E-state index in [9.17, 15) is 14.4 Å². The van der Waals surface area contributed by atoms with Crippen molar-refractivity contribution in [3.8, 4) is 0 Å². The van der Waals surface area contributed by atoms with Crippen LogP contribution in [0.15, 0.2) is 18.2 Å². The molecule has 3 aliphatic rings. The first kappa shape index (κ1) is 20.8. The molecule has 7 nitrogen and oxygen atoms in total. The van der Waals surface area contributed by atoms with E-state index < -0.39 is 6.04 Å². The molecule has 0 bridgehead atoms. The number of anilines is 1. The number of carbonyl (C=O) groups is 3. The number of piperidine rings is 1. The zero-order valence-corrected chi connectivity index (χ0v) is 17.7. The molecule has 7 heteroatoms. The van der Waals surface area contributed by atoms with Gasteiger partial charge in [0, 0.05) is 48.4 Å². The average Bonchev–Trinajstić information content (AvgIpc) is 3.29. The summed E-state index contributed by atoms with van der Waals surface area (Å²) in [6.45, 7) is 3.57. The second-order valence-electron chi connectivity index (χ2n) is 8.83. The standard InChI is InChI=1S/C23H32N4O3/c1-2-3-4-12-26(16-9-8-15(24)13-16)19-7-5-6-17-18(19)14-27(23(17)30)20-10-11-21(28)25-22(20)29/h5-7,15-16,20H,2-4,8-14,24H2,1H3,(H,25,28,29)/t15-,16+,20?/m0/s1. The van der Waals surface area contributed by atoms with Crippen molar-refractivity contribution in [1.82, 2.24) is 10.2 Å². The molecule has 30 heavy (non-hydrogen) atoms. The molecule has 0 aromatic heterocycles. The summed E-state index contributed by atoms with van der Waals surface area (Å²) in [6.07, 6.45) is 7.17. The molecule has 2 heterocycles. The number of hydrogen-bond donors (Lipinski definition) is 2. The predicted molar refractivity (Wildman–Crippen MR) is 115 cm³/mol. The van der Waals surface area contributed by atoms with Gasteiger partial charge in [-0.3, -0.25) is 19.7 Å². The number of nitrogens with one attached hydrogen (secondary N) is 1. The van der Waals surface area contributed by atoms with Crippen LogP contribution >= 0.6 is 0 Å². The molecule has 4 rings (SSSR count). The topological polar surface area (TPSA) is 95.7 Å². The molecule has 1 unspecified atom stereocenters. The van der Waals surface area contributed by atoms with Crippen LogP contribution in [0.5, 0.6) is 0 Å².